The number of carboxylic acid groups (broad SMARTS) is 1. The van der Waals surface area contributed by atoms with E-state index in [1.807, 2.05) is 10.3 Å². The smallest absolute Gasteiger partial charge is 0.317 e. The minimum atomic E-state index is -0.837. The molecule has 0 aliphatic carbocycles. The molecular formula is C16H21N5O4S. The summed E-state index contributed by atoms with van der Waals surface area (Å²) in [6.07, 6.45) is 1.42. The predicted molar refractivity (Wildman–Crippen MR) is 97.3 cm³/mol. The van der Waals surface area contributed by atoms with Crippen molar-refractivity contribution in [1.82, 2.24) is 25.1 Å². The minimum absolute atomic E-state index is 0.0151. The van der Waals surface area contributed by atoms with Crippen LogP contribution in [-0.2, 0) is 11.3 Å². The number of hydrogen-bond donors (Lipinski definition) is 3. The van der Waals surface area contributed by atoms with E-state index in [0.717, 1.165) is 0 Å². The molecule has 9 nitrogen and oxygen atoms in total. The molecule has 1 aliphatic rings. The van der Waals surface area contributed by atoms with Gasteiger partial charge in [-0.05, 0) is 24.3 Å². The molecule has 10 heteroatoms. The van der Waals surface area contributed by atoms with Gasteiger partial charge in [0.15, 0.2) is 0 Å². The van der Waals surface area contributed by atoms with E-state index in [2.05, 4.69) is 15.3 Å². The number of aromatic amines is 1. The summed E-state index contributed by atoms with van der Waals surface area (Å²) >= 11 is 1.33. The number of piperidine rings is 1. The molecule has 1 fully saturated rings. The molecule has 0 atom stereocenters. The van der Waals surface area contributed by atoms with Crippen molar-refractivity contribution in [3.8, 4) is 0 Å². The van der Waals surface area contributed by atoms with Crippen molar-refractivity contribution in [2.24, 2.45) is 0 Å². The average molecular weight is 379 g/mol. The van der Waals surface area contributed by atoms with E-state index in [1.165, 1.54) is 16.2 Å². The van der Waals surface area contributed by atoms with E-state index in [4.69, 9.17) is 5.11 Å². The van der Waals surface area contributed by atoms with Crippen LogP contribution in [0.3, 0.4) is 0 Å². The molecular weight excluding hydrogens is 358 g/mol. The van der Waals surface area contributed by atoms with Gasteiger partial charge in [0, 0.05) is 26.2 Å². The maximum Gasteiger partial charge on any atom is 0.317 e. The zero-order chi connectivity index (χ0) is 18.7. The van der Waals surface area contributed by atoms with Crippen molar-refractivity contribution < 1.29 is 14.7 Å². The third-order valence-electron chi connectivity index (χ3n) is 4.37. The van der Waals surface area contributed by atoms with Gasteiger partial charge in [-0.25, -0.2) is 9.78 Å². The van der Waals surface area contributed by atoms with Crippen LogP contribution in [0.2, 0.25) is 0 Å². The lowest BCUT2D eigenvalue weighted by atomic mass is 10.1. The van der Waals surface area contributed by atoms with Crippen LogP contribution in [0.15, 0.2) is 16.2 Å². The van der Waals surface area contributed by atoms with Crippen LogP contribution in [0.1, 0.15) is 18.7 Å². The number of H-pyrrole nitrogens is 1. The molecule has 3 N–H and O–H groups in total. The Balaban J connectivity index is 1.53. The maximum atomic E-state index is 12.4. The molecule has 0 saturated carbocycles. The lowest BCUT2D eigenvalue weighted by molar-refractivity contribution is -0.138. The number of nitrogens with zero attached hydrogens (tertiary/aromatic N) is 3. The predicted octanol–water partition coefficient (Wildman–Crippen LogP) is 0.675. The van der Waals surface area contributed by atoms with Crippen molar-refractivity contribution in [3.05, 3.63) is 27.6 Å². The highest BCUT2D eigenvalue weighted by atomic mass is 32.1. The SMILES string of the molecule is CN(Cc1nc2ccsc2c(=O)[nH]1)C(=O)NC1CCN(CC(=O)O)CC1. The van der Waals surface area contributed by atoms with Gasteiger partial charge in [0.1, 0.15) is 10.5 Å². The van der Waals surface area contributed by atoms with Gasteiger partial charge in [-0.1, -0.05) is 0 Å². The van der Waals surface area contributed by atoms with Crippen LogP contribution in [0.25, 0.3) is 10.2 Å². The molecule has 1 aliphatic heterocycles. The Kier molecular flexibility index (Phi) is 5.52. The van der Waals surface area contributed by atoms with E-state index >= 15 is 0 Å². The summed E-state index contributed by atoms with van der Waals surface area (Å²) in [6.45, 7) is 1.52. The van der Waals surface area contributed by atoms with Crippen LogP contribution in [0, 0.1) is 0 Å². The van der Waals surface area contributed by atoms with Crippen molar-refractivity contribution in [2.75, 3.05) is 26.7 Å². The Morgan fingerprint density at radius 3 is 2.88 bits per heavy atom. The number of fused-ring (bicyclic) bond motifs is 1. The Morgan fingerprint density at radius 2 is 2.19 bits per heavy atom. The lowest BCUT2D eigenvalue weighted by Gasteiger charge is -2.32. The van der Waals surface area contributed by atoms with Gasteiger partial charge in [0.2, 0.25) is 0 Å². The Labute approximate surface area is 153 Å². The standard InChI is InChI=1S/C16H21N5O4S/c1-20(8-12-18-11-4-7-26-14(11)15(24)19-12)16(25)17-10-2-5-21(6-3-10)9-13(22)23/h4,7,10H,2-3,5-6,8-9H2,1H3,(H,17,25)(H,22,23)(H,18,19,24). The normalized spacial score (nSPS) is 15.9. The molecule has 2 aromatic rings. The van der Waals surface area contributed by atoms with Crippen molar-refractivity contribution in [2.45, 2.75) is 25.4 Å². The van der Waals surface area contributed by atoms with E-state index < -0.39 is 5.97 Å². The van der Waals surface area contributed by atoms with Gasteiger partial charge >= 0.3 is 12.0 Å². The molecule has 1 saturated heterocycles. The summed E-state index contributed by atoms with van der Waals surface area (Å²) in [4.78, 5) is 45.5. The molecule has 140 valence electrons. The number of aliphatic carboxylic acids is 1. The van der Waals surface area contributed by atoms with Crippen LogP contribution < -0.4 is 10.9 Å². The molecule has 0 spiro atoms. The Bertz CT molecular complexity index is 856. The first-order chi connectivity index (χ1) is 12.4. The lowest BCUT2D eigenvalue weighted by Crippen LogP contribution is -2.49. The average Bonchev–Trinajstić information content (AvgIpc) is 3.05. The van der Waals surface area contributed by atoms with E-state index in [1.54, 1.807) is 13.1 Å². The van der Waals surface area contributed by atoms with Crippen molar-refractivity contribution in [3.63, 3.8) is 0 Å². The van der Waals surface area contributed by atoms with Gasteiger partial charge in [0.25, 0.3) is 5.56 Å². The molecule has 3 heterocycles. The van der Waals surface area contributed by atoms with Gasteiger partial charge in [-0.3, -0.25) is 14.5 Å². The Hall–Kier alpha value is -2.46. The molecule has 3 rings (SSSR count). The molecule has 26 heavy (non-hydrogen) atoms. The summed E-state index contributed by atoms with van der Waals surface area (Å²) in [5.74, 6) is -0.397. The molecule has 0 bridgehead atoms. The van der Waals surface area contributed by atoms with E-state index in [-0.39, 0.29) is 30.7 Å². The topological polar surface area (TPSA) is 119 Å². The molecule has 2 aromatic heterocycles. The number of aromatic nitrogens is 2. The van der Waals surface area contributed by atoms with Crippen LogP contribution in [0.4, 0.5) is 4.79 Å². The second-order valence-electron chi connectivity index (χ2n) is 6.40. The highest BCUT2D eigenvalue weighted by molar-refractivity contribution is 7.17. The zero-order valence-electron chi connectivity index (χ0n) is 14.4. The van der Waals surface area contributed by atoms with Crippen molar-refractivity contribution in [1.29, 1.82) is 0 Å². The number of urea groups is 1. The van der Waals surface area contributed by atoms with Crippen molar-refractivity contribution >= 4 is 33.6 Å². The third kappa shape index (κ3) is 4.38. The van der Waals surface area contributed by atoms with Crippen LogP contribution in [-0.4, -0.2) is 69.6 Å². The number of nitrogens with one attached hydrogen (secondary N) is 2. The van der Waals surface area contributed by atoms with Gasteiger partial charge in [0.05, 0.1) is 18.6 Å². The monoisotopic (exact) mass is 379 g/mol. The third-order valence-corrected chi connectivity index (χ3v) is 5.27. The fourth-order valence-electron chi connectivity index (χ4n) is 3.00. The summed E-state index contributed by atoms with van der Waals surface area (Å²) in [5, 5.41) is 13.6. The molecule has 0 unspecified atom stereocenters. The zero-order valence-corrected chi connectivity index (χ0v) is 15.2. The number of thiophene rings is 1. The molecule has 0 aromatic carbocycles. The van der Waals surface area contributed by atoms with Gasteiger partial charge in [-0.2, -0.15) is 0 Å². The molecule has 0 radical (unpaired) electrons. The number of carboxylic acids is 1. The van der Waals surface area contributed by atoms with E-state index in [0.29, 0.717) is 42.0 Å². The summed E-state index contributed by atoms with van der Waals surface area (Å²) in [5.41, 5.74) is 0.438. The van der Waals surface area contributed by atoms with E-state index in [9.17, 15) is 14.4 Å². The minimum Gasteiger partial charge on any atom is -0.480 e. The number of rotatable bonds is 5. The number of likely N-dealkylation sites (tertiary alicyclic amines) is 1. The largest absolute Gasteiger partial charge is 0.480 e. The number of carbonyl (C=O) groups excluding carboxylic acids is 1. The maximum absolute atomic E-state index is 12.4. The quantitative estimate of drug-likeness (QED) is 0.703. The first-order valence-corrected chi connectivity index (χ1v) is 9.22. The van der Waals surface area contributed by atoms with Gasteiger partial charge < -0.3 is 20.3 Å². The van der Waals surface area contributed by atoms with Crippen LogP contribution in [0.5, 0.6) is 0 Å². The fraction of sp³-hybridized carbons (Fsp3) is 0.500. The summed E-state index contributed by atoms with van der Waals surface area (Å²) in [6, 6.07) is 1.56. The van der Waals surface area contributed by atoms with Crippen LogP contribution >= 0.6 is 11.3 Å². The highest BCUT2D eigenvalue weighted by Gasteiger charge is 2.23. The number of hydrogen-bond acceptors (Lipinski definition) is 6. The Morgan fingerprint density at radius 1 is 1.46 bits per heavy atom. The first-order valence-electron chi connectivity index (χ1n) is 8.34. The summed E-state index contributed by atoms with van der Waals surface area (Å²) < 4.78 is 0.578. The number of amides is 2. The highest BCUT2D eigenvalue weighted by Crippen LogP contribution is 2.14. The fourth-order valence-corrected chi connectivity index (χ4v) is 3.73. The first kappa shape index (κ1) is 18.3. The second-order valence-corrected chi connectivity index (χ2v) is 7.31. The summed E-state index contributed by atoms with van der Waals surface area (Å²) in [7, 11) is 1.65. The molecule has 2 amide bonds. The van der Waals surface area contributed by atoms with Gasteiger partial charge in [-0.15, -0.1) is 11.3 Å². The number of carbonyl (C=O) groups is 2. The second kappa shape index (κ2) is 7.83.